The van der Waals surface area contributed by atoms with E-state index in [1.807, 2.05) is 0 Å². The number of alkyl carbamates (subject to hydrolysis) is 1. The lowest BCUT2D eigenvalue weighted by atomic mass is 10.0. The van der Waals surface area contributed by atoms with Crippen molar-refractivity contribution in [2.45, 2.75) is 115 Å². The van der Waals surface area contributed by atoms with E-state index in [4.69, 9.17) is 30.5 Å². The monoisotopic (exact) mass is 819 g/mol. The average Bonchev–Trinajstić information content (AvgIpc) is 3.74. The van der Waals surface area contributed by atoms with Crippen LogP contribution in [0.2, 0.25) is 5.02 Å². The number of carbonyl (C=O) groups excluding carboxylic acids is 10. The Morgan fingerprint density at radius 1 is 0.667 bits per heavy atom. The zero-order valence-corrected chi connectivity index (χ0v) is 32.2. The summed E-state index contributed by atoms with van der Waals surface area (Å²) in [6.07, 6.45) is -8.10. The van der Waals surface area contributed by atoms with Crippen molar-refractivity contribution in [1.82, 2.24) is 36.0 Å². The molecular weight excluding hydrogens is 778 g/mol. The predicted molar refractivity (Wildman–Crippen MR) is 190 cm³/mol. The molecule has 308 valence electrons. The maximum atomic E-state index is 14.2. The largest absolute Gasteiger partial charge is 0.445 e. The van der Waals surface area contributed by atoms with Gasteiger partial charge >= 0.3 is 24.4 Å². The van der Waals surface area contributed by atoms with E-state index in [1.54, 1.807) is 24.3 Å². The van der Waals surface area contributed by atoms with E-state index in [0.29, 0.717) is 25.3 Å². The number of unbranched alkanes of at least 4 members (excludes halogenated alkanes) is 1. The molecule has 4 aliphatic rings. The number of fused-ring (bicyclic) bond motifs is 3. The van der Waals surface area contributed by atoms with Gasteiger partial charge in [0.15, 0.2) is 18.1 Å². The van der Waals surface area contributed by atoms with Crippen LogP contribution in [0.3, 0.4) is 0 Å². The molecule has 57 heavy (non-hydrogen) atoms. The highest BCUT2D eigenvalue weighted by atomic mass is 35.5. The van der Waals surface area contributed by atoms with Crippen LogP contribution in [0, 0.1) is 0 Å². The van der Waals surface area contributed by atoms with Crippen molar-refractivity contribution in [3.8, 4) is 0 Å². The Hall–Kier alpha value is -5.99. The van der Waals surface area contributed by atoms with E-state index in [2.05, 4.69) is 21.3 Å². The summed E-state index contributed by atoms with van der Waals surface area (Å²) in [5.41, 5.74) is 0.583. The molecule has 1 aromatic rings. The lowest BCUT2D eigenvalue weighted by molar-refractivity contribution is -0.144. The van der Waals surface area contributed by atoms with E-state index < -0.39 is 114 Å². The molecule has 0 aliphatic carbocycles. The molecule has 1 aromatic carbocycles. The lowest BCUT2D eigenvalue weighted by Gasteiger charge is -2.30. The number of cyclic esters (lactones) is 3. The number of hydrogen-bond donors (Lipinski definition) is 4. The van der Waals surface area contributed by atoms with Crippen molar-refractivity contribution in [3.63, 3.8) is 0 Å². The Balaban J connectivity index is 1.40. The Kier molecular flexibility index (Phi) is 12.9. The minimum absolute atomic E-state index is 0.0496. The first kappa shape index (κ1) is 42.2. The fourth-order valence-corrected chi connectivity index (χ4v) is 6.97. The predicted octanol–water partition coefficient (Wildman–Crippen LogP) is 0.452. The van der Waals surface area contributed by atoms with Crippen molar-refractivity contribution >= 4 is 71.4 Å². The average molecular weight is 820 g/mol. The van der Waals surface area contributed by atoms with Gasteiger partial charge in [-0.1, -0.05) is 29.8 Å². The van der Waals surface area contributed by atoms with E-state index >= 15 is 0 Å². The third kappa shape index (κ3) is 8.87. The second-order valence-electron chi connectivity index (χ2n) is 13.8. The van der Waals surface area contributed by atoms with Crippen LogP contribution in [0.4, 0.5) is 19.2 Å². The van der Waals surface area contributed by atoms with Crippen LogP contribution in [0.15, 0.2) is 24.3 Å². The molecule has 21 nitrogen and oxygen atoms in total. The van der Waals surface area contributed by atoms with Crippen LogP contribution in [0.25, 0.3) is 0 Å². The molecule has 0 spiro atoms. The van der Waals surface area contributed by atoms with Crippen LogP contribution < -0.4 is 21.3 Å². The molecule has 4 aliphatic heterocycles. The molecule has 4 saturated heterocycles. The van der Waals surface area contributed by atoms with E-state index in [9.17, 15) is 47.9 Å². The van der Waals surface area contributed by atoms with Gasteiger partial charge in [-0.3, -0.25) is 28.8 Å². The maximum absolute atomic E-state index is 14.2. The Morgan fingerprint density at radius 3 is 1.58 bits per heavy atom. The zero-order chi connectivity index (χ0) is 41.9. The molecule has 0 aromatic heterocycles. The second-order valence-corrected chi connectivity index (χ2v) is 14.2. The lowest BCUT2D eigenvalue weighted by Crippen LogP contribution is -2.62. The summed E-state index contributed by atoms with van der Waals surface area (Å²) in [6, 6.07) is -2.90. The van der Waals surface area contributed by atoms with Crippen molar-refractivity contribution < 1.29 is 66.9 Å². The standard InChI is InChI=1S/C35H42ClN7O14/c1-15-29(47)41-23(17(3)55-33(41)51)26(44)38-16(2)30(48)42-25(19(5)56-34(42)52)28(46)40-22(31(49)43-24(27(45)39-15)18(4)57-35(43)53)12-8-9-13-37-32(50)54-14-20-10-6-7-11-21(20)36/h6-7,10-11,15-19,22-25H,8-9,12-14H2,1-5H3,(H,37,50)(H,38,44)(H,39,45)(H,40,46)/t15-,16-,17-,18-,19-,22-,23+,24+,25+/m0/s1. The summed E-state index contributed by atoms with van der Waals surface area (Å²) in [5.74, 6) is -6.47. The van der Waals surface area contributed by atoms with Gasteiger partial charge in [-0.2, -0.15) is 0 Å². The molecule has 5 rings (SSSR count). The van der Waals surface area contributed by atoms with Gasteiger partial charge in [0, 0.05) is 17.1 Å². The quantitative estimate of drug-likeness (QED) is 0.215. The van der Waals surface area contributed by atoms with Crippen molar-refractivity contribution in [2.75, 3.05) is 6.54 Å². The molecule has 0 saturated carbocycles. The smallest absolute Gasteiger partial charge is 0.417 e. The van der Waals surface area contributed by atoms with Crippen LogP contribution >= 0.6 is 11.6 Å². The van der Waals surface area contributed by atoms with E-state index in [-0.39, 0.29) is 32.4 Å². The highest BCUT2D eigenvalue weighted by molar-refractivity contribution is 6.31. The molecule has 0 bridgehead atoms. The SMILES string of the molecule is C[C@@H]1NC(=O)[C@H]2[C@H](C)OC(=O)N2C(=O)[C@H](C)NC(=O)[C@H]2[C@H](C)OC(=O)N2C(=O)[C@H](CCCCNC(=O)OCc2ccccc2Cl)NC(=O)[C@H]2[C@H](C)OC(=O)N2C1=O. The summed E-state index contributed by atoms with van der Waals surface area (Å²) in [5, 5.41) is 10.1. The third-order valence-corrected chi connectivity index (χ3v) is 10.1. The van der Waals surface area contributed by atoms with Crippen LogP contribution in [0.1, 0.15) is 59.4 Å². The van der Waals surface area contributed by atoms with E-state index in [1.165, 1.54) is 34.6 Å². The summed E-state index contributed by atoms with van der Waals surface area (Å²) < 4.78 is 20.7. The van der Waals surface area contributed by atoms with Gasteiger partial charge in [0.1, 0.15) is 43.0 Å². The topological polar surface area (TPSA) is 265 Å². The molecule has 0 radical (unpaired) electrons. The number of nitrogens with one attached hydrogen (secondary N) is 4. The van der Waals surface area contributed by atoms with Crippen LogP contribution in [-0.2, 0) is 54.3 Å². The summed E-state index contributed by atoms with van der Waals surface area (Å²) in [6.45, 7) is 6.27. The molecule has 22 heteroatoms. The minimum Gasteiger partial charge on any atom is -0.445 e. The number of amides is 10. The van der Waals surface area contributed by atoms with Crippen LogP contribution in [0.5, 0.6) is 0 Å². The van der Waals surface area contributed by atoms with Gasteiger partial charge in [-0.05, 0) is 59.9 Å². The van der Waals surface area contributed by atoms with Gasteiger partial charge in [-0.25, -0.2) is 33.9 Å². The first-order valence-electron chi connectivity index (χ1n) is 18.1. The number of hydrogen-bond acceptors (Lipinski definition) is 14. The number of benzene rings is 1. The third-order valence-electron chi connectivity index (χ3n) is 9.72. The van der Waals surface area contributed by atoms with Crippen molar-refractivity contribution in [2.24, 2.45) is 0 Å². The highest BCUT2D eigenvalue weighted by Crippen LogP contribution is 2.26. The Morgan fingerprint density at radius 2 is 1.11 bits per heavy atom. The Labute approximate surface area is 330 Å². The number of nitrogens with zero attached hydrogens (tertiary/aromatic N) is 3. The zero-order valence-electron chi connectivity index (χ0n) is 31.5. The number of imide groups is 3. The molecule has 4 N–H and O–H groups in total. The van der Waals surface area contributed by atoms with Gasteiger partial charge in [0.2, 0.25) is 17.7 Å². The first-order chi connectivity index (χ1) is 26.9. The fourth-order valence-electron chi connectivity index (χ4n) is 6.78. The molecule has 0 unspecified atom stereocenters. The highest BCUT2D eigenvalue weighted by Gasteiger charge is 2.54. The number of rotatable bonds is 7. The number of carbonyl (C=O) groups is 10. The fraction of sp³-hybridized carbons (Fsp3) is 0.543. The second kappa shape index (κ2) is 17.4. The normalized spacial score (nSPS) is 29.8. The van der Waals surface area contributed by atoms with Crippen molar-refractivity contribution in [1.29, 1.82) is 0 Å². The van der Waals surface area contributed by atoms with Gasteiger partial charge in [0.05, 0.1) is 0 Å². The van der Waals surface area contributed by atoms with Gasteiger partial charge in [0.25, 0.3) is 17.7 Å². The molecular formula is C35H42ClN7O14. The van der Waals surface area contributed by atoms with Crippen LogP contribution in [-0.4, -0.2) is 136 Å². The minimum atomic E-state index is -1.69. The first-order valence-corrected chi connectivity index (χ1v) is 18.5. The van der Waals surface area contributed by atoms with Gasteiger partial charge < -0.3 is 40.2 Å². The molecule has 9 atom stereocenters. The summed E-state index contributed by atoms with van der Waals surface area (Å²) in [7, 11) is 0. The number of ether oxygens (including phenoxy) is 4. The maximum Gasteiger partial charge on any atom is 0.417 e. The van der Waals surface area contributed by atoms with Gasteiger partial charge in [-0.15, -0.1) is 0 Å². The molecule has 4 fully saturated rings. The molecule has 4 heterocycles. The van der Waals surface area contributed by atoms with Crippen molar-refractivity contribution in [3.05, 3.63) is 34.9 Å². The number of halogens is 1. The van der Waals surface area contributed by atoms with E-state index in [0.717, 1.165) is 0 Å². The summed E-state index contributed by atoms with van der Waals surface area (Å²) >= 11 is 6.10. The summed E-state index contributed by atoms with van der Waals surface area (Å²) in [4.78, 5) is 135. The Bertz CT molecular complexity index is 1860. The molecule has 10 amide bonds.